The van der Waals surface area contributed by atoms with Crippen LogP contribution in [-0.2, 0) is 14.3 Å². The van der Waals surface area contributed by atoms with Gasteiger partial charge in [-0.25, -0.2) is 4.79 Å². The molecule has 1 fully saturated rings. The number of rotatable bonds is 9. The number of nitrogens with one attached hydrogen (secondary N) is 2. The van der Waals surface area contributed by atoms with Crippen molar-refractivity contribution in [2.24, 2.45) is 5.41 Å². The van der Waals surface area contributed by atoms with Crippen LogP contribution >= 0.6 is 0 Å². The smallest absolute Gasteiger partial charge is 0.407 e. The van der Waals surface area contributed by atoms with E-state index >= 15 is 0 Å². The third-order valence-corrected chi connectivity index (χ3v) is 7.39. The summed E-state index contributed by atoms with van der Waals surface area (Å²) in [6.45, 7) is 2.18. The third-order valence-electron chi connectivity index (χ3n) is 7.39. The third kappa shape index (κ3) is 5.34. The van der Waals surface area contributed by atoms with Crippen LogP contribution in [0.5, 0.6) is 0 Å². The molecule has 0 heterocycles. The predicted octanol–water partition coefficient (Wildman–Crippen LogP) is 4.85. The van der Waals surface area contributed by atoms with Gasteiger partial charge in [0.15, 0.2) is 0 Å². The molecule has 0 aliphatic heterocycles. The number of aliphatic carboxylic acids is 1. The molecule has 7 nitrogen and oxygen atoms in total. The van der Waals surface area contributed by atoms with Crippen LogP contribution in [0.1, 0.15) is 68.9 Å². The summed E-state index contributed by atoms with van der Waals surface area (Å²) in [4.78, 5) is 37.5. The number of carbonyl (C=O) groups excluding carboxylic acids is 2. The van der Waals surface area contributed by atoms with Crippen LogP contribution in [-0.4, -0.2) is 42.3 Å². The number of ether oxygens (including phenoxy) is 1. The molecular weight excluding hydrogens is 444 g/mol. The Hall–Kier alpha value is -3.35. The molecule has 2 aliphatic rings. The maximum atomic E-state index is 12.9. The number of hydrogen-bond acceptors (Lipinski definition) is 4. The van der Waals surface area contributed by atoms with Crippen molar-refractivity contribution in [1.82, 2.24) is 10.6 Å². The Labute approximate surface area is 206 Å². The van der Waals surface area contributed by atoms with Gasteiger partial charge in [-0.05, 0) is 41.5 Å². The van der Waals surface area contributed by atoms with Gasteiger partial charge in [0, 0.05) is 12.5 Å². The zero-order valence-electron chi connectivity index (χ0n) is 20.2. The SMILES string of the molecule is CCCC(NC(=O)OCC1c2ccccc2-c2ccccc21)C(=O)NCC1(C(=O)O)CCCCC1. The number of carbonyl (C=O) groups is 3. The molecule has 2 amide bonds. The molecule has 1 saturated carbocycles. The zero-order chi connectivity index (χ0) is 24.8. The van der Waals surface area contributed by atoms with Crippen LogP contribution in [0.2, 0.25) is 0 Å². The Morgan fingerprint density at radius 2 is 1.60 bits per heavy atom. The van der Waals surface area contributed by atoms with Crippen LogP contribution in [0.4, 0.5) is 4.79 Å². The van der Waals surface area contributed by atoms with Crippen molar-refractivity contribution in [2.75, 3.05) is 13.2 Å². The van der Waals surface area contributed by atoms with Gasteiger partial charge in [-0.15, -0.1) is 0 Å². The quantitative estimate of drug-likeness (QED) is 0.478. The summed E-state index contributed by atoms with van der Waals surface area (Å²) >= 11 is 0. The molecule has 0 saturated heterocycles. The number of alkyl carbamates (subject to hydrolysis) is 1. The summed E-state index contributed by atoms with van der Waals surface area (Å²) in [6, 6.07) is 15.5. The lowest BCUT2D eigenvalue weighted by Crippen LogP contribution is -2.51. The molecule has 3 N–H and O–H groups in total. The highest BCUT2D eigenvalue weighted by Gasteiger charge is 2.40. The molecule has 0 bridgehead atoms. The van der Waals surface area contributed by atoms with Crippen LogP contribution in [0.15, 0.2) is 48.5 Å². The van der Waals surface area contributed by atoms with Gasteiger partial charge in [0.05, 0.1) is 5.41 Å². The first-order valence-electron chi connectivity index (χ1n) is 12.6. The molecule has 0 spiro atoms. The summed E-state index contributed by atoms with van der Waals surface area (Å²) in [5, 5.41) is 15.3. The van der Waals surface area contributed by atoms with E-state index in [1.807, 2.05) is 31.2 Å². The summed E-state index contributed by atoms with van der Waals surface area (Å²) in [7, 11) is 0. The van der Waals surface area contributed by atoms with Crippen LogP contribution < -0.4 is 10.6 Å². The average Bonchev–Trinajstić information content (AvgIpc) is 3.20. The van der Waals surface area contributed by atoms with Gasteiger partial charge in [0.1, 0.15) is 12.6 Å². The number of carboxylic acid groups (broad SMARTS) is 1. The Bertz CT molecular complexity index is 1030. The van der Waals surface area contributed by atoms with Gasteiger partial charge in [-0.2, -0.15) is 0 Å². The minimum absolute atomic E-state index is 0.0617. The molecule has 2 aromatic carbocycles. The van der Waals surface area contributed by atoms with E-state index in [-0.39, 0.29) is 25.0 Å². The molecule has 2 aromatic rings. The second-order valence-corrected chi connectivity index (χ2v) is 9.68. The summed E-state index contributed by atoms with van der Waals surface area (Å²) in [6.07, 6.45) is 4.30. The topological polar surface area (TPSA) is 105 Å². The largest absolute Gasteiger partial charge is 0.481 e. The fourth-order valence-corrected chi connectivity index (χ4v) is 5.41. The molecular formula is C28H34N2O5. The van der Waals surface area contributed by atoms with E-state index in [9.17, 15) is 19.5 Å². The van der Waals surface area contributed by atoms with Gasteiger partial charge in [-0.1, -0.05) is 81.1 Å². The molecule has 7 heteroatoms. The van der Waals surface area contributed by atoms with E-state index in [1.54, 1.807) is 0 Å². The minimum Gasteiger partial charge on any atom is -0.481 e. The van der Waals surface area contributed by atoms with Gasteiger partial charge in [0.2, 0.25) is 5.91 Å². The van der Waals surface area contributed by atoms with Gasteiger partial charge >= 0.3 is 12.1 Å². The highest BCUT2D eigenvalue weighted by Crippen LogP contribution is 2.44. The van der Waals surface area contributed by atoms with Crippen LogP contribution in [0.25, 0.3) is 11.1 Å². The molecule has 0 aromatic heterocycles. The Morgan fingerprint density at radius 1 is 1.00 bits per heavy atom. The van der Waals surface area contributed by atoms with E-state index in [0.717, 1.165) is 41.5 Å². The lowest BCUT2D eigenvalue weighted by molar-refractivity contribution is -0.151. The van der Waals surface area contributed by atoms with Crippen molar-refractivity contribution in [1.29, 1.82) is 0 Å². The maximum Gasteiger partial charge on any atom is 0.407 e. The Balaban J connectivity index is 1.36. The monoisotopic (exact) mass is 478 g/mol. The number of amides is 2. The van der Waals surface area contributed by atoms with Crippen molar-refractivity contribution in [3.8, 4) is 11.1 Å². The number of fused-ring (bicyclic) bond motifs is 3. The van der Waals surface area contributed by atoms with Crippen molar-refractivity contribution in [3.05, 3.63) is 59.7 Å². The van der Waals surface area contributed by atoms with Gasteiger partial charge in [0.25, 0.3) is 0 Å². The molecule has 1 atom stereocenters. The highest BCUT2D eigenvalue weighted by atomic mass is 16.5. The lowest BCUT2D eigenvalue weighted by atomic mass is 9.74. The zero-order valence-corrected chi connectivity index (χ0v) is 20.2. The minimum atomic E-state index is -0.922. The van der Waals surface area contributed by atoms with E-state index < -0.39 is 23.5 Å². The fraction of sp³-hybridized carbons (Fsp3) is 0.464. The molecule has 35 heavy (non-hydrogen) atoms. The first-order chi connectivity index (χ1) is 16.9. The first-order valence-corrected chi connectivity index (χ1v) is 12.6. The molecule has 4 rings (SSSR count). The second kappa shape index (κ2) is 10.9. The van der Waals surface area contributed by atoms with E-state index in [2.05, 4.69) is 34.9 Å². The molecule has 186 valence electrons. The highest BCUT2D eigenvalue weighted by molar-refractivity contribution is 5.86. The predicted molar refractivity (Wildman–Crippen MR) is 133 cm³/mol. The van der Waals surface area contributed by atoms with Crippen LogP contribution in [0, 0.1) is 5.41 Å². The van der Waals surface area contributed by atoms with Crippen molar-refractivity contribution in [2.45, 2.75) is 63.8 Å². The van der Waals surface area contributed by atoms with Crippen molar-refractivity contribution in [3.63, 3.8) is 0 Å². The summed E-state index contributed by atoms with van der Waals surface area (Å²) in [5.74, 6) is -1.30. The van der Waals surface area contributed by atoms with E-state index in [0.29, 0.717) is 25.7 Å². The second-order valence-electron chi connectivity index (χ2n) is 9.68. The number of hydrogen-bond donors (Lipinski definition) is 3. The van der Waals surface area contributed by atoms with Crippen LogP contribution in [0.3, 0.4) is 0 Å². The number of carboxylic acids is 1. The Morgan fingerprint density at radius 3 is 2.17 bits per heavy atom. The van der Waals surface area contributed by atoms with Crippen molar-refractivity contribution >= 4 is 18.0 Å². The molecule has 1 unspecified atom stereocenters. The Kier molecular flexibility index (Phi) is 7.73. The average molecular weight is 479 g/mol. The molecule has 0 radical (unpaired) electrons. The first kappa shape index (κ1) is 24.8. The van der Waals surface area contributed by atoms with E-state index in [4.69, 9.17) is 4.74 Å². The standard InChI is InChI=1S/C28H34N2O5/c1-2-10-24(25(31)29-18-28(26(32)33)15-8-3-9-16-28)30-27(34)35-17-23-21-13-6-4-11-19(21)20-12-5-7-14-22(20)23/h4-7,11-14,23-24H,2-3,8-10,15-18H2,1H3,(H,29,31)(H,30,34)(H,32,33). The molecule has 2 aliphatic carbocycles. The van der Waals surface area contributed by atoms with Crippen molar-refractivity contribution < 1.29 is 24.2 Å². The normalized spacial score (nSPS) is 17.1. The number of benzene rings is 2. The van der Waals surface area contributed by atoms with Gasteiger partial charge < -0.3 is 20.5 Å². The van der Waals surface area contributed by atoms with E-state index in [1.165, 1.54) is 0 Å². The summed E-state index contributed by atoms with van der Waals surface area (Å²) in [5.41, 5.74) is 3.62. The fourth-order valence-electron chi connectivity index (χ4n) is 5.41. The maximum absolute atomic E-state index is 12.9. The summed E-state index contributed by atoms with van der Waals surface area (Å²) < 4.78 is 5.60. The van der Waals surface area contributed by atoms with Gasteiger partial charge in [-0.3, -0.25) is 9.59 Å². The lowest BCUT2D eigenvalue weighted by Gasteiger charge is -2.33.